The van der Waals surface area contributed by atoms with Crippen LogP contribution >= 0.6 is 11.9 Å². The first-order valence-electron chi connectivity index (χ1n) is 9.40. The molecule has 1 fully saturated rings. The summed E-state index contributed by atoms with van der Waals surface area (Å²) in [6.07, 6.45) is 4.33. The number of imidazole rings is 1. The van der Waals surface area contributed by atoms with Crippen LogP contribution in [0.2, 0.25) is 0 Å². The third-order valence-electron chi connectivity index (χ3n) is 4.96. The second-order valence-electron chi connectivity index (χ2n) is 6.82. The minimum atomic E-state index is -0.543. The lowest BCUT2D eigenvalue weighted by Gasteiger charge is -2.20. The van der Waals surface area contributed by atoms with E-state index in [1.54, 1.807) is 28.9 Å². The fourth-order valence-electron chi connectivity index (χ4n) is 3.53. The van der Waals surface area contributed by atoms with Gasteiger partial charge in [-0.05, 0) is 43.3 Å². The summed E-state index contributed by atoms with van der Waals surface area (Å²) in [4.78, 5) is 23.5. The number of hydrogen-bond donors (Lipinski definition) is 2. The van der Waals surface area contributed by atoms with E-state index in [9.17, 15) is 9.18 Å². The number of pyridine rings is 2. The zero-order chi connectivity index (χ0) is 21.1. The second kappa shape index (κ2) is 8.78. The van der Waals surface area contributed by atoms with Crippen molar-refractivity contribution >= 4 is 34.4 Å². The van der Waals surface area contributed by atoms with Crippen LogP contribution in [0.3, 0.4) is 0 Å². The highest BCUT2D eigenvalue weighted by Crippen LogP contribution is 2.23. The molecule has 4 aromatic heterocycles. The maximum absolute atomic E-state index is 13.9. The van der Waals surface area contributed by atoms with Crippen LogP contribution in [0.25, 0.3) is 28.0 Å². The summed E-state index contributed by atoms with van der Waals surface area (Å²) in [7, 11) is 0. The predicted molar refractivity (Wildman–Crippen MR) is 112 cm³/mol. The number of rotatable bonds is 2. The van der Waals surface area contributed by atoms with E-state index in [0.29, 0.717) is 16.8 Å². The Morgan fingerprint density at radius 2 is 2.03 bits per heavy atom. The molecule has 4 aromatic rings. The molecule has 30 heavy (non-hydrogen) atoms. The molecule has 0 atom stereocenters. The molecular weight excluding hydrogens is 413 g/mol. The molecule has 0 spiro atoms. The Bertz CT molecular complexity index is 1230. The van der Waals surface area contributed by atoms with Crippen molar-refractivity contribution in [2.75, 3.05) is 31.1 Å². The molecule has 1 aliphatic heterocycles. The highest BCUT2D eigenvalue weighted by Gasteiger charge is 2.16. The van der Waals surface area contributed by atoms with Crippen LogP contribution in [0.4, 0.5) is 10.2 Å². The van der Waals surface area contributed by atoms with Crippen molar-refractivity contribution in [2.24, 2.45) is 0 Å². The zero-order valence-corrected chi connectivity index (χ0v) is 16.6. The number of aromatic nitrogens is 3. The van der Waals surface area contributed by atoms with Crippen molar-refractivity contribution in [1.29, 1.82) is 0 Å². The molecule has 1 saturated heterocycles. The molecular formula is C20H19ClFN5O3. The number of halogens is 2. The Morgan fingerprint density at radius 1 is 1.17 bits per heavy atom. The van der Waals surface area contributed by atoms with Gasteiger partial charge in [0.25, 0.3) is 0 Å². The molecule has 5 heterocycles. The summed E-state index contributed by atoms with van der Waals surface area (Å²) in [5.74, 6) is 0.346. The summed E-state index contributed by atoms with van der Waals surface area (Å²) in [5.41, 5.74) is 0.560. The molecule has 5 rings (SSSR count). The molecule has 0 saturated carbocycles. The van der Waals surface area contributed by atoms with Crippen molar-refractivity contribution in [1.82, 2.24) is 19.7 Å². The third kappa shape index (κ3) is 3.87. The smallest absolute Gasteiger partial charge is 0.347 e. The predicted octanol–water partition coefficient (Wildman–Crippen LogP) is 2.57. The van der Waals surface area contributed by atoms with Gasteiger partial charge >= 0.3 is 5.63 Å². The average molecular weight is 432 g/mol. The van der Waals surface area contributed by atoms with Gasteiger partial charge in [0, 0.05) is 37.4 Å². The van der Waals surface area contributed by atoms with E-state index in [1.165, 1.54) is 6.07 Å². The van der Waals surface area contributed by atoms with Gasteiger partial charge in [0.2, 0.25) is 5.71 Å². The first-order valence-corrected chi connectivity index (χ1v) is 9.74. The van der Waals surface area contributed by atoms with Gasteiger partial charge in [-0.25, -0.2) is 14.2 Å². The van der Waals surface area contributed by atoms with Crippen molar-refractivity contribution in [3.05, 3.63) is 59.0 Å². The molecule has 10 heteroatoms. The van der Waals surface area contributed by atoms with E-state index < -0.39 is 11.4 Å². The molecule has 0 radical (unpaired) electrons. The zero-order valence-electron chi connectivity index (χ0n) is 15.9. The average Bonchev–Trinajstić information content (AvgIpc) is 3.02. The van der Waals surface area contributed by atoms with E-state index in [0.717, 1.165) is 38.4 Å². The maximum Gasteiger partial charge on any atom is 0.347 e. The summed E-state index contributed by atoms with van der Waals surface area (Å²) in [6.45, 7) is 3.64. The number of nitrogens with zero attached hydrogens (tertiary/aromatic N) is 4. The third-order valence-corrected chi connectivity index (χ3v) is 4.96. The molecule has 0 amide bonds. The highest BCUT2D eigenvalue weighted by molar-refractivity contribution is 6.04. The van der Waals surface area contributed by atoms with Crippen LogP contribution in [-0.4, -0.2) is 45.2 Å². The van der Waals surface area contributed by atoms with Crippen molar-refractivity contribution < 1.29 is 13.5 Å². The maximum atomic E-state index is 13.9. The normalized spacial score (nSPS) is 14.4. The Hall–Kier alpha value is -3.01. The largest absolute Gasteiger partial charge is 0.403 e. The summed E-state index contributed by atoms with van der Waals surface area (Å²) < 4.78 is 27.4. The van der Waals surface area contributed by atoms with Gasteiger partial charge < -0.3 is 19.0 Å². The van der Waals surface area contributed by atoms with Gasteiger partial charge in [0.1, 0.15) is 5.82 Å². The molecule has 0 aromatic carbocycles. The molecule has 2 N–H and O–H groups in total. The van der Waals surface area contributed by atoms with Gasteiger partial charge in [-0.1, -0.05) is 0 Å². The number of nitrogens with one attached hydrogen (secondary N) is 1. The van der Waals surface area contributed by atoms with E-state index >= 15 is 0 Å². The summed E-state index contributed by atoms with van der Waals surface area (Å²) >= 11 is 3.64. The van der Waals surface area contributed by atoms with Crippen LogP contribution < -0.4 is 15.8 Å². The first-order chi connectivity index (χ1) is 14.7. The summed E-state index contributed by atoms with van der Waals surface area (Å²) in [6, 6.07) is 8.43. The lowest BCUT2D eigenvalue weighted by molar-refractivity contribution is 0.551. The molecule has 0 unspecified atom stereocenters. The minimum Gasteiger partial charge on any atom is -0.403 e. The summed E-state index contributed by atoms with van der Waals surface area (Å²) in [5, 5.41) is 4.05. The molecule has 0 aliphatic carbocycles. The van der Waals surface area contributed by atoms with Crippen LogP contribution in [0.5, 0.6) is 0 Å². The number of anilines is 1. The Kier molecular flexibility index (Phi) is 5.93. The van der Waals surface area contributed by atoms with Crippen LogP contribution in [0.15, 0.2) is 51.9 Å². The lowest BCUT2D eigenvalue weighted by atomic mass is 10.2. The SMILES string of the molecule is O=c1oc2nc(N3CCCNCC3)ccc2cc1-c1cn2cccc(F)c2n1.OCl. The van der Waals surface area contributed by atoms with Crippen molar-refractivity contribution in [3.63, 3.8) is 0 Å². The van der Waals surface area contributed by atoms with E-state index in [2.05, 4.69) is 32.1 Å². The van der Waals surface area contributed by atoms with Gasteiger partial charge in [-0.15, -0.1) is 0 Å². The molecule has 156 valence electrons. The standard InChI is InChI=1S/C20H18FN5O2.ClHO/c21-15-3-1-8-26-12-16(23-18(15)26)14-11-13-4-5-17(24-19(13)28-20(14)27)25-9-2-6-22-7-10-25;1-2/h1,3-5,8,11-12,22H,2,6-7,9-10H2;2H. The van der Waals surface area contributed by atoms with Gasteiger partial charge in [0.05, 0.1) is 23.1 Å². The first kappa shape index (κ1) is 20.3. The van der Waals surface area contributed by atoms with Crippen LogP contribution in [0, 0.1) is 5.82 Å². The quantitative estimate of drug-likeness (QED) is 0.503. The van der Waals surface area contributed by atoms with Gasteiger partial charge in [0.15, 0.2) is 11.5 Å². The highest BCUT2D eigenvalue weighted by atomic mass is 35.5. The Balaban J connectivity index is 0.00000106. The van der Waals surface area contributed by atoms with Gasteiger partial charge in [-0.2, -0.15) is 4.98 Å². The fraction of sp³-hybridized carbons (Fsp3) is 0.250. The van der Waals surface area contributed by atoms with Crippen LogP contribution in [0.1, 0.15) is 6.42 Å². The lowest BCUT2D eigenvalue weighted by Crippen LogP contribution is -2.28. The van der Waals surface area contributed by atoms with Crippen molar-refractivity contribution in [3.8, 4) is 11.3 Å². The number of hydrogen-bond acceptors (Lipinski definition) is 7. The van der Waals surface area contributed by atoms with Crippen molar-refractivity contribution in [2.45, 2.75) is 6.42 Å². The minimum absolute atomic E-state index is 0.167. The molecule has 8 nitrogen and oxygen atoms in total. The Labute approximate surface area is 175 Å². The second-order valence-corrected chi connectivity index (χ2v) is 6.82. The van der Waals surface area contributed by atoms with Crippen LogP contribution in [-0.2, 0) is 0 Å². The monoisotopic (exact) mass is 431 g/mol. The fourth-order valence-corrected chi connectivity index (χ4v) is 3.53. The van der Waals surface area contributed by atoms with E-state index in [-0.39, 0.29) is 11.2 Å². The molecule has 1 aliphatic rings. The van der Waals surface area contributed by atoms with E-state index in [4.69, 9.17) is 9.08 Å². The Morgan fingerprint density at radius 3 is 2.87 bits per heavy atom. The van der Waals surface area contributed by atoms with E-state index in [1.807, 2.05) is 12.1 Å². The topological polar surface area (TPSA) is 95.9 Å². The number of fused-ring (bicyclic) bond motifs is 2. The van der Waals surface area contributed by atoms with Gasteiger partial charge in [-0.3, -0.25) is 4.66 Å². The molecule has 0 bridgehead atoms.